The SMILES string of the molecule is Cc1cc(F)ccc1CCNCCCc1ccccc1. The van der Waals surface area contributed by atoms with E-state index in [9.17, 15) is 4.39 Å². The van der Waals surface area contributed by atoms with E-state index in [0.29, 0.717) is 0 Å². The van der Waals surface area contributed by atoms with Crippen LogP contribution >= 0.6 is 0 Å². The van der Waals surface area contributed by atoms with E-state index in [1.807, 2.05) is 19.1 Å². The van der Waals surface area contributed by atoms with Crippen LogP contribution in [0.3, 0.4) is 0 Å². The first kappa shape index (κ1) is 14.7. The molecule has 2 heteroatoms. The molecule has 0 atom stereocenters. The maximum Gasteiger partial charge on any atom is 0.123 e. The van der Waals surface area contributed by atoms with E-state index < -0.39 is 0 Å². The van der Waals surface area contributed by atoms with Crippen molar-refractivity contribution < 1.29 is 4.39 Å². The Balaban J connectivity index is 1.62. The average Bonchev–Trinajstić information content (AvgIpc) is 2.46. The average molecular weight is 271 g/mol. The van der Waals surface area contributed by atoms with Crippen LogP contribution in [-0.4, -0.2) is 13.1 Å². The fraction of sp³-hybridized carbons (Fsp3) is 0.333. The van der Waals surface area contributed by atoms with Crippen LogP contribution in [0, 0.1) is 12.7 Å². The van der Waals surface area contributed by atoms with Crippen LogP contribution in [0.1, 0.15) is 23.1 Å². The van der Waals surface area contributed by atoms with Crippen LogP contribution in [0.2, 0.25) is 0 Å². The monoisotopic (exact) mass is 271 g/mol. The fourth-order valence-corrected chi connectivity index (χ4v) is 2.35. The van der Waals surface area contributed by atoms with Crippen LogP contribution in [0.25, 0.3) is 0 Å². The summed E-state index contributed by atoms with van der Waals surface area (Å²) in [6, 6.07) is 15.6. The first-order valence-corrected chi connectivity index (χ1v) is 7.25. The Morgan fingerprint density at radius 1 is 0.950 bits per heavy atom. The van der Waals surface area contributed by atoms with E-state index in [4.69, 9.17) is 0 Å². The van der Waals surface area contributed by atoms with Gasteiger partial charge in [0, 0.05) is 0 Å². The van der Waals surface area contributed by atoms with Gasteiger partial charge in [-0.15, -0.1) is 0 Å². The zero-order chi connectivity index (χ0) is 14.2. The Labute approximate surface area is 120 Å². The van der Waals surface area contributed by atoms with Crippen molar-refractivity contribution in [2.45, 2.75) is 26.2 Å². The van der Waals surface area contributed by atoms with Crippen molar-refractivity contribution in [2.75, 3.05) is 13.1 Å². The number of aryl methyl sites for hydroxylation is 2. The summed E-state index contributed by atoms with van der Waals surface area (Å²) < 4.78 is 13.0. The van der Waals surface area contributed by atoms with E-state index in [1.54, 1.807) is 6.07 Å². The highest BCUT2D eigenvalue weighted by molar-refractivity contribution is 5.26. The lowest BCUT2D eigenvalue weighted by Crippen LogP contribution is -2.19. The zero-order valence-electron chi connectivity index (χ0n) is 12.0. The Hall–Kier alpha value is -1.67. The molecule has 0 radical (unpaired) electrons. The molecule has 0 aliphatic rings. The van der Waals surface area contributed by atoms with E-state index in [1.165, 1.54) is 17.2 Å². The normalized spacial score (nSPS) is 10.7. The Morgan fingerprint density at radius 2 is 1.75 bits per heavy atom. The molecule has 0 aliphatic carbocycles. The molecule has 1 N–H and O–H groups in total. The summed E-state index contributed by atoms with van der Waals surface area (Å²) in [7, 11) is 0. The molecule has 1 nitrogen and oxygen atoms in total. The smallest absolute Gasteiger partial charge is 0.123 e. The van der Waals surface area contributed by atoms with Crippen LogP contribution in [0.15, 0.2) is 48.5 Å². The molecule has 0 fully saturated rings. The Bertz CT molecular complexity index is 522. The number of nitrogens with one attached hydrogen (secondary N) is 1. The quantitative estimate of drug-likeness (QED) is 0.753. The lowest BCUT2D eigenvalue weighted by Gasteiger charge is -2.07. The largest absolute Gasteiger partial charge is 0.316 e. The molecule has 20 heavy (non-hydrogen) atoms. The van der Waals surface area contributed by atoms with Crippen molar-refractivity contribution in [3.05, 3.63) is 71.0 Å². The molecule has 0 amide bonds. The van der Waals surface area contributed by atoms with Crippen molar-refractivity contribution in [1.29, 1.82) is 0 Å². The van der Waals surface area contributed by atoms with Crippen molar-refractivity contribution >= 4 is 0 Å². The zero-order valence-corrected chi connectivity index (χ0v) is 12.0. The van der Waals surface area contributed by atoms with Crippen molar-refractivity contribution in [3.63, 3.8) is 0 Å². The van der Waals surface area contributed by atoms with Crippen molar-refractivity contribution in [2.24, 2.45) is 0 Å². The number of rotatable bonds is 7. The molecule has 0 spiro atoms. The molecule has 0 saturated heterocycles. The lowest BCUT2D eigenvalue weighted by atomic mass is 10.1. The van der Waals surface area contributed by atoms with Crippen LogP contribution < -0.4 is 5.32 Å². The number of halogens is 1. The minimum absolute atomic E-state index is 0.151. The standard InChI is InChI=1S/C18H22FN/c1-15-14-18(19)10-9-17(15)11-13-20-12-5-8-16-6-3-2-4-7-16/h2-4,6-7,9-10,14,20H,5,8,11-13H2,1H3. The second-order valence-corrected chi connectivity index (χ2v) is 5.16. The van der Waals surface area contributed by atoms with Gasteiger partial charge in [0.2, 0.25) is 0 Å². The van der Waals surface area contributed by atoms with E-state index in [-0.39, 0.29) is 5.82 Å². The Morgan fingerprint density at radius 3 is 2.50 bits per heavy atom. The molecule has 2 aromatic rings. The van der Waals surface area contributed by atoms with E-state index >= 15 is 0 Å². The lowest BCUT2D eigenvalue weighted by molar-refractivity contribution is 0.622. The van der Waals surface area contributed by atoms with Crippen LogP contribution in [0.4, 0.5) is 4.39 Å². The molecule has 106 valence electrons. The van der Waals surface area contributed by atoms with Gasteiger partial charge in [-0.25, -0.2) is 4.39 Å². The summed E-state index contributed by atoms with van der Waals surface area (Å²) in [5.74, 6) is -0.151. The molecule has 2 rings (SSSR count). The molecule has 2 aromatic carbocycles. The van der Waals surface area contributed by atoms with Gasteiger partial charge in [-0.3, -0.25) is 0 Å². The molecular weight excluding hydrogens is 249 g/mol. The number of benzene rings is 2. The summed E-state index contributed by atoms with van der Waals surface area (Å²) in [5, 5.41) is 3.45. The third-order valence-corrected chi connectivity index (χ3v) is 3.54. The van der Waals surface area contributed by atoms with Gasteiger partial charge in [0.05, 0.1) is 0 Å². The molecule has 0 saturated carbocycles. The topological polar surface area (TPSA) is 12.0 Å². The minimum atomic E-state index is -0.151. The van der Waals surface area contributed by atoms with Gasteiger partial charge in [0.15, 0.2) is 0 Å². The molecule has 0 heterocycles. The fourth-order valence-electron chi connectivity index (χ4n) is 2.35. The second-order valence-electron chi connectivity index (χ2n) is 5.16. The molecule has 0 bridgehead atoms. The van der Waals surface area contributed by atoms with Crippen LogP contribution in [-0.2, 0) is 12.8 Å². The van der Waals surface area contributed by atoms with E-state index in [2.05, 4.69) is 29.6 Å². The van der Waals surface area contributed by atoms with Crippen molar-refractivity contribution in [1.82, 2.24) is 5.32 Å². The highest BCUT2D eigenvalue weighted by atomic mass is 19.1. The van der Waals surface area contributed by atoms with Gasteiger partial charge >= 0.3 is 0 Å². The third kappa shape index (κ3) is 4.78. The van der Waals surface area contributed by atoms with Gasteiger partial charge in [0.25, 0.3) is 0 Å². The first-order valence-electron chi connectivity index (χ1n) is 7.25. The summed E-state index contributed by atoms with van der Waals surface area (Å²) in [5.41, 5.74) is 3.65. The van der Waals surface area contributed by atoms with Gasteiger partial charge < -0.3 is 5.32 Å². The molecule has 0 aliphatic heterocycles. The third-order valence-electron chi connectivity index (χ3n) is 3.54. The van der Waals surface area contributed by atoms with Crippen LogP contribution in [0.5, 0.6) is 0 Å². The maximum absolute atomic E-state index is 13.0. The molecule has 0 unspecified atom stereocenters. The first-order chi connectivity index (χ1) is 9.75. The Kier molecular flexibility index (Phi) is 5.75. The van der Waals surface area contributed by atoms with Gasteiger partial charge in [-0.05, 0) is 68.1 Å². The summed E-state index contributed by atoms with van der Waals surface area (Å²) in [4.78, 5) is 0. The summed E-state index contributed by atoms with van der Waals surface area (Å²) in [6.07, 6.45) is 3.22. The minimum Gasteiger partial charge on any atom is -0.316 e. The number of hydrogen-bond acceptors (Lipinski definition) is 1. The van der Waals surface area contributed by atoms with Gasteiger partial charge in [-0.1, -0.05) is 36.4 Å². The van der Waals surface area contributed by atoms with Crippen molar-refractivity contribution in [3.8, 4) is 0 Å². The summed E-state index contributed by atoms with van der Waals surface area (Å²) in [6.45, 7) is 3.93. The second kappa shape index (κ2) is 7.81. The highest BCUT2D eigenvalue weighted by Gasteiger charge is 1.99. The molecular formula is C18H22FN. The number of hydrogen-bond donors (Lipinski definition) is 1. The maximum atomic E-state index is 13.0. The van der Waals surface area contributed by atoms with E-state index in [0.717, 1.165) is 37.9 Å². The van der Waals surface area contributed by atoms with Gasteiger partial charge in [0.1, 0.15) is 5.82 Å². The predicted molar refractivity (Wildman–Crippen MR) is 82.5 cm³/mol. The molecule has 0 aromatic heterocycles. The van der Waals surface area contributed by atoms with Gasteiger partial charge in [-0.2, -0.15) is 0 Å². The summed E-state index contributed by atoms with van der Waals surface area (Å²) >= 11 is 0. The highest BCUT2D eigenvalue weighted by Crippen LogP contribution is 2.10. The predicted octanol–water partition coefficient (Wildman–Crippen LogP) is 3.90.